The molecule has 3 rings (SSSR count). The third kappa shape index (κ3) is 4.90. The van der Waals surface area contributed by atoms with Gasteiger partial charge >= 0.3 is 0 Å². The number of thiophene rings is 1. The summed E-state index contributed by atoms with van der Waals surface area (Å²) in [5, 5.41) is 5.35. The van der Waals surface area contributed by atoms with Crippen molar-refractivity contribution in [2.75, 3.05) is 13.7 Å². The highest BCUT2D eigenvalue weighted by Gasteiger charge is 2.25. The summed E-state index contributed by atoms with van der Waals surface area (Å²) in [4.78, 5) is 24.5. The predicted octanol–water partition coefficient (Wildman–Crippen LogP) is 4.59. The minimum absolute atomic E-state index is 0.00216. The van der Waals surface area contributed by atoms with Crippen molar-refractivity contribution in [3.63, 3.8) is 0 Å². The molecule has 0 spiro atoms. The summed E-state index contributed by atoms with van der Waals surface area (Å²) in [7, 11) is 1.66. The van der Waals surface area contributed by atoms with Crippen molar-refractivity contribution >= 4 is 33.3 Å². The zero-order valence-electron chi connectivity index (χ0n) is 17.8. The smallest absolute Gasteiger partial charge is 0.262 e. The Balaban J connectivity index is 1.96. The minimum Gasteiger partial charge on any atom is -0.385 e. The zero-order valence-corrected chi connectivity index (χ0v) is 19.4. The number of aromatic nitrogens is 4. The standard InChI is InChI=1S/C20H28N4O3S2/c1-7-13-11-14-16(29-13)22-19(24(17(14)25)9-8-10-26-6)28-12(2)15-21-18(23-27-15)20(3,4)5/h11-12H,7-10H2,1-6H3/t12-/m0/s1. The van der Waals surface area contributed by atoms with Gasteiger partial charge in [0.05, 0.1) is 10.6 Å². The van der Waals surface area contributed by atoms with Crippen molar-refractivity contribution in [1.29, 1.82) is 0 Å². The number of thioether (sulfide) groups is 1. The molecule has 0 N–H and O–H groups in total. The molecule has 0 aliphatic heterocycles. The molecule has 0 amide bonds. The van der Waals surface area contributed by atoms with Gasteiger partial charge in [-0.25, -0.2) is 4.98 Å². The maximum Gasteiger partial charge on any atom is 0.262 e. The Hall–Kier alpha value is -1.71. The van der Waals surface area contributed by atoms with Crippen LogP contribution in [0.5, 0.6) is 0 Å². The van der Waals surface area contributed by atoms with Gasteiger partial charge in [0.25, 0.3) is 5.56 Å². The largest absolute Gasteiger partial charge is 0.385 e. The molecule has 0 saturated heterocycles. The quantitative estimate of drug-likeness (QED) is 0.290. The fraction of sp³-hybridized carbons (Fsp3) is 0.600. The van der Waals surface area contributed by atoms with Crippen molar-refractivity contribution in [2.24, 2.45) is 0 Å². The molecular formula is C20H28N4O3S2. The van der Waals surface area contributed by atoms with Crippen LogP contribution >= 0.6 is 23.1 Å². The number of ether oxygens (including phenoxy) is 1. The van der Waals surface area contributed by atoms with E-state index in [0.717, 1.165) is 22.5 Å². The van der Waals surface area contributed by atoms with Gasteiger partial charge in [-0.2, -0.15) is 4.98 Å². The molecule has 0 saturated carbocycles. The Labute approximate surface area is 178 Å². The Morgan fingerprint density at radius 2 is 2.10 bits per heavy atom. The van der Waals surface area contributed by atoms with Crippen LogP contribution in [0.15, 0.2) is 20.5 Å². The highest BCUT2D eigenvalue weighted by Crippen LogP contribution is 2.35. The second-order valence-corrected chi connectivity index (χ2v) is 10.4. The van der Waals surface area contributed by atoms with Crippen LogP contribution < -0.4 is 5.56 Å². The molecule has 29 heavy (non-hydrogen) atoms. The fourth-order valence-corrected chi connectivity index (χ4v) is 4.76. The third-order valence-electron chi connectivity index (χ3n) is 4.49. The van der Waals surface area contributed by atoms with Crippen LogP contribution in [-0.2, 0) is 23.1 Å². The third-order valence-corrected chi connectivity index (χ3v) is 6.74. The van der Waals surface area contributed by atoms with Gasteiger partial charge in [0.15, 0.2) is 11.0 Å². The summed E-state index contributed by atoms with van der Waals surface area (Å²) in [5.74, 6) is 1.21. The van der Waals surface area contributed by atoms with E-state index in [4.69, 9.17) is 14.2 Å². The van der Waals surface area contributed by atoms with Crippen LogP contribution in [0.2, 0.25) is 0 Å². The van der Waals surface area contributed by atoms with Crippen LogP contribution in [0.3, 0.4) is 0 Å². The van der Waals surface area contributed by atoms with Gasteiger partial charge in [-0.05, 0) is 25.8 Å². The maximum atomic E-state index is 13.2. The molecule has 9 heteroatoms. The molecule has 7 nitrogen and oxygen atoms in total. The molecule has 3 aromatic heterocycles. The number of hydrogen-bond acceptors (Lipinski definition) is 8. The first-order chi connectivity index (χ1) is 13.7. The van der Waals surface area contributed by atoms with Gasteiger partial charge in [-0.3, -0.25) is 9.36 Å². The first-order valence-electron chi connectivity index (χ1n) is 9.77. The second-order valence-electron chi connectivity index (χ2n) is 7.95. The van der Waals surface area contributed by atoms with E-state index < -0.39 is 0 Å². The molecule has 0 fully saturated rings. The van der Waals surface area contributed by atoms with Crippen LogP contribution in [-0.4, -0.2) is 33.4 Å². The van der Waals surface area contributed by atoms with Gasteiger partial charge in [0, 0.05) is 30.6 Å². The summed E-state index contributed by atoms with van der Waals surface area (Å²) >= 11 is 3.05. The zero-order chi connectivity index (χ0) is 21.2. The molecule has 3 aromatic rings. The lowest BCUT2D eigenvalue weighted by molar-refractivity contribution is 0.189. The van der Waals surface area contributed by atoms with Gasteiger partial charge in [0.2, 0.25) is 5.89 Å². The van der Waals surface area contributed by atoms with E-state index in [1.807, 2.05) is 33.8 Å². The van der Waals surface area contributed by atoms with Crippen molar-refractivity contribution in [2.45, 2.75) is 69.8 Å². The second kappa shape index (κ2) is 8.97. The van der Waals surface area contributed by atoms with Crippen LogP contribution in [0.1, 0.15) is 62.9 Å². The van der Waals surface area contributed by atoms with Gasteiger partial charge < -0.3 is 9.26 Å². The highest BCUT2D eigenvalue weighted by molar-refractivity contribution is 7.99. The average molecular weight is 437 g/mol. The number of methoxy groups -OCH3 is 1. The van der Waals surface area contributed by atoms with E-state index in [1.165, 1.54) is 11.8 Å². The maximum absolute atomic E-state index is 13.2. The van der Waals surface area contributed by atoms with E-state index in [2.05, 4.69) is 17.1 Å². The van der Waals surface area contributed by atoms with Crippen molar-refractivity contribution in [3.05, 3.63) is 33.0 Å². The topological polar surface area (TPSA) is 83.0 Å². The number of rotatable bonds is 8. The molecule has 0 aliphatic rings. The molecule has 0 radical (unpaired) electrons. The van der Waals surface area contributed by atoms with Gasteiger partial charge in [-0.15, -0.1) is 11.3 Å². The fourth-order valence-electron chi connectivity index (χ4n) is 2.79. The van der Waals surface area contributed by atoms with Crippen LogP contribution in [0.4, 0.5) is 0 Å². The minimum atomic E-state index is -0.181. The number of nitrogens with zero attached hydrogens (tertiary/aromatic N) is 4. The average Bonchev–Trinajstić information content (AvgIpc) is 3.31. The summed E-state index contributed by atoms with van der Waals surface area (Å²) < 4.78 is 12.4. The van der Waals surface area contributed by atoms with Gasteiger partial charge in [-0.1, -0.05) is 44.6 Å². The molecule has 158 valence electrons. The predicted molar refractivity (Wildman–Crippen MR) is 117 cm³/mol. The molecule has 1 atom stereocenters. The number of aryl methyl sites for hydroxylation is 1. The van der Waals surface area contributed by atoms with Gasteiger partial charge in [0.1, 0.15) is 4.83 Å². The van der Waals surface area contributed by atoms with E-state index in [1.54, 1.807) is 23.0 Å². The van der Waals surface area contributed by atoms with Crippen LogP contribution in [0, 0.1) is 0 Å². The first kappa shape index (κ1) is 22.0. The normalized spacial score (nSPS) is 13.3. The molecule has 3 heterocycles. The van der Waals surface area contributed by atoms with E-state index >= 15 is 0 Å². The summed E-state index contributed by atoms with van der Waals surface area (Å²) in [6, 6.07) is 1.97. The lowest BCUT2D eigenvalue weighted by atomic mass is 9.96. The molecule has 0 aromatic carbocycles. The molecule has 0 bridgehead atoms. The van der Waals surface area contributed by atoms with E-state index in [-0.39, 0.29) is 16.2 Å². The number of fused-ring (bicyclic) bond motifs is 1. The van der Waals surface area contributed by atoms with Crippen molar-refractivity contribution in [1.82, 2.24) is 19.7 Å². The van der Waals surface area contributed by atoms with E-state index in [9.17, 15) is 4.79 Å². The first-order valence-corrected chi connectivity index (χ1v) is 11.5. The monoisotopic (exact) mass is 436 g/mol. The van der Waals surface area contributed by atoms with Crippen molar-refractivity contribution < 1.29 is 9.26 Å². The number of hydrogen-bond donors (Lipinski definition) is 0. The summed E-state index contributed by atoms with van der Waals surface area (Å²) in [6.45, 7) is 11.4. The SMILES string of the molecule is CCc1cc2c(=O)n(CCCOC)c(S[C@@H](C)c3nc(C(C)(C)C)no3)nc2s1. The Morgan fingerprint density at radius 1 is 1.34 bits per heavy atom. The summed E-state index contributed by atoms with van der Waals surface area (Å²) in [6.07, 6.45) is 1.63. The Kier molecular flexibility index (Phi) is 6.80. The van der Waals surface area contributed by atoms with Crippen molar-refractivity contribution in [3.8, 4) is 0 Å². The Morgan fingerprint density at radius 3 is 2.72 bits per heavy atom. The lowest BCUT2D eigenvalue weighted by Crippen LogP contribution is -2.23. The lowest BCUT2D eigenvalue weighted by Gasteiger charge is -2.14. The summed E-state index contributed by atoms with van der Waals surface area (Å²) in [5.41, 5.74) is -0.184. The molecular weight excluding hydrogens is 408 g/mol. The highest BCUT2D eigenvalue weighted by atomic mass is 32.2. The molecule has 0 aliphatic carbocycles. The molecule has 0 unspecified atom stereocenters. The van der Waals surface area contributed by atoms with Crippen LogP contribution in [0.25, 0.3) is 10.2 Å². The van der Waals surface area contributed by atoms with E-state index in [0.29, 0.717) is 35.4 Å². The Bertz CT molecular complexity index is 1030.